The lowest BCUT2D eigenvalue weighted by molar-refractivity contribution is -0.133. The summed E-state index contributed by atoms with van der Waals surface area (Å²) in [5, 5.41) is 5.97. The van der Waals surface area contributed by atoms with Crippen molar-refractivity contribution in [2.45, 2.75) is 12.5 Å². The Morgan fingerprint density at radius 3 is 2.29 bits per heavy atom. The lowest BCUT2D eigenvalue weighted by Crippen LogP contribution is -2.42. The van der Waals surface area contributed by atoms with Gasteiger partial charge in [0.2, 0.25) is 5.91 Å². The van der Waals surface area contributed by atoms with Crippen LogP contribution in [0.15, 0.2) is 36.4 Å². The Morgan fingerprint density at radius 2 is 1.68 bits per heavy atom. The number of carbonyl (C=O) groups excluding carboxylic acids is 3. The topological polar surface area (TPSA) is 78.5 Å². The molecule has 0 aliphatic carbocycles. The first-order chi connectivity index (χ1) is 13.1. The molecule has 2 N–H and O–H groups in total. The van der Waals surface area contributed by atoms with Crippen LogP contribution in [0.25, 0.3) is 0 Å². The molecule has 1 saturated heterocycles. The maximum Gasteiger partial charge on any atom is 0.325 e. The van der Waals surface area contributed by atoms with Crippen LogP contribution in [0.5, 0.6) is 0 Å². The summed E-state index contributed by atoms with van der Waals surface area (Å²) in [5.41, 5.74) is -0.814. The molecule has 0 spiro atoms. The van der Waals surface area contributed by atoms with Crippen LogP contribution in [0.3, 0.4) is 0 Å². The number of anilines is 1. The van der Waals surface area contributed by atoms with E-state index in [9.17, 15) is 14.4 Å². The predicted molar refractivity (Wildman–Crippen MR) is 109 cm³/mol. The first-order valence-electron chi connectivity index (χ1n) is 7.97. The average molecular weight is 461 g/mol. The molecule has 2 aromatic rings. The molecule has 28 heavy (non-hydrogen) atoms. The van der Waals surface area contributed by atoms with E-state index in [1.165, 1.54) is 19.1 Å². The lowest BCUT2D eigenvalue weighted by Gasteiger charge is -2.23. The molecule has 1 fully saturated rings. The molecule has 10 heteroatoms. The highest BCUT2D eigenvalue weighted by molar-refractivity contribution is 6.42. The van der Waals surface area contributed by atoms with Crippen LogP contribution in [0.2, 0.25) is 20.1 Å². The number of carbonyl (C=O) groups is 3. The van der Waals surface area contributed by atoms with Crippen molar-refractivity contribution in [1.82, 2.24) is 10.2 Å². The Morgan fingerprint density at radius 1 is 1.07 bits per heavy atom. The molecule has 6 nitrogen and oxygen atoms in total. The third-order valence-electron chi connectivity index (χ3n) is 4.26. The summed E-state index contributed by atoms with van der Waals surface area (Å²) in [7, 11) is 0. The van der Waals surface area contributed by atoms with Gasteiger partial charge in [0.15, 0.2) is 0 Å². The fourth-order valence-corrected chi connectivity index (χ4v) is 4.11. The molecule has 0 aromatic heterocycles. The van der Waals surface area contributed by atoms with Gasteiger partial charge in [-0.2, -0.15) is 0 Å². The monoisotopic (exact) mass is 459 g/mol. The summed E-state index contributed by atoms with van der Waals surface area (Å²) >= 11 is 24.1. The van der Waals surface area contributed by atoms with Crippen molar-refractivity contribution in [3.05, 3.63) is 62.1 Å². The van der Waals surface area contributed by atoms with Gasteiger partial charge in [-0.25, -0.2) is 4.79 Å². The number of urea groups is 1. The van der Waals surface area contributed by atoms with Crippen LogP contribution < -0.4 is 10.6 Å². The molecule has 0 saturated carbocycles. The van der Waals surface area contributed by atoms with Gasteiger partial charge in [-0.15, -0.1) is 0 Å². The van der Waals surface area contributed by atoms with Crippen LogP contribution in [0.4, 0.5) is 10.5 Å². The van der Waals surface area contributed by atoms with Crippen LogP contribution in [0.1, 0.15) is 12.5 Å². The summed E-state index contributed by atoms with van der Waals surface area (Å²) in [6, 6.07) is 8.77. The number of imide groups is 1. The largest absolute Gasteiger partial charge is 0.325 e. The number of nitrogens with one attached hydrogen (secondary N) is 2. The van der Waals surface area contributed by atoms with Crippen molar-refractivity contribution < 1.29 is 14.4 Å². The van der Waals surface area contributed by atoms with E-state index in [1.54, 1.807) is 24.3 Å². The Balaban J connectivity index is 1.80. The number of rotatable bonds is 4. The van der Waals surface area contributed by atoms with Gasteiger partial charge in [0.05, 0.1) is 15.7 Å². The first kappa shape index (κ1) is 20.7. The molecular formula is C18H13Cl4N3O3. The van der Waals surface area contributed by atoms with E-state index in [2.05, 4.69) is 10.6 Å². The standard InChI is InChI=1S/C18H13Cl4N3O3/c1-18(10-4-2-3-5-11(10)20)16(27)25(17(28)24-18)8-14(26)23-15-12(21)6-9(19)7-13(15)22/h2-7H,8H2,1H3,(H,23,26)(H,24,28)/t18-/m1/s1. The van der Waals surface area contributed by atoms with E-state index in [-0.39, 0.29) is 15.7 Å². The van der Waals surface area contributed by atoms with Crippen LogP contribution in [-0.2, 0) is 15.1 Å². The number of amides is 4. The second kappa shape index (κ2) is 7.79. The third kappa shape index (κ3) is 3.78. The number of benzene rings is 2. The highest BCUT2D eigenvalue weighted by atomic mass is 35.5. The predicted octanol–water partition coefficient (Wildman–Crippen LogP) is 4.71. The maximum atomic E-state index is 12.9. The summed E-state index contributed by atoms with van der Waals surface area (Å²) in [6.07, 6.45) is 0. The summed E-state index contributed by atoms with van der Waals surface area (Å²) in [5.74, 6) is -1.26. The molecule has 0 unspecified atom stereocenters. The molecule has 0 radical (unpaired) electrons. The molecule has 0 bridgehead atoms. The Hall–Kier alpha value is -1.99. The zero-order valence-corrected chi connectivity index (χ0v) is 17.4. The second-order valence-electron chi connectivity index (χ2n) is 6.22. The first-order valence-corrected chi connectivity index (χ1v) is 9.48. The molecule has 2 aromatic carbocycles. The molecule has 1 aliphatic rings. The minimum Gasteiger partial charge on any atom is -0.322 e. The molecule has 4 amide bonds. The zero-order valence-electron chi connectivity index (χ0n) is 14.4. The summed E-state index contributed by atoms with van der Waals surface area (Å²) in [6.45, 7) is 0.999. The molecule has 3 rings (SSSR count). The average Bonchev–Trinajstić information content (AvgIpc) is 2.82. The fourth-order valence-electron chi connectivity index (χ4n) is 2.87. The number of nitrogens with zero attached hydrogens (tertiary/aromatic N) is 1. The zero-order chi connectivity index (χ0) is 20.6. The quantitative estimate of drug-likeness (QED) is 0.648. The van der Waals surface area contributed by atoms with Crippen molar-refractivity contribution in [3.63, 3.8) is 0 Å². The number of hydrogen-bond donors (Lipinski definition) is 2. The van der Waals surface area contributed by atoms with Gasteiger partial charge in [0, 0.05) is 15.6 Å². The van der Waals surface area contributed by atoms with E-state index in [0.29, 0.717) is 15.6 Å². The maximum absolute atomic E-state index is 12.9. The smallest absolute Gasteiger partial charge is 0.322 e. The van der Waals surface area contributed by atoms with Crippen molar-refractivity contribution in [2.24, 2.45) is 0 Å². The minimum absolute atomic E-state index is 0.129. The SMILES string of the molecule is C[C@]1(c2ccccc2Cl)NC(=O)N(CC(=O)Nc2c(Cl)cc(Cl)cc2Cl)C1=O. The van der Waals surface area contributed by atoms with Gasteiger partial charge in [-0.3, -0.25) is 14.5 Å². The highest BCUT2D eigenvalue weighted by Crippen LogP contribution is 2.35. The van der Waals surface area contributed by atoms with Gasteiger partial charge in [0.1, 0.15) is 12.1 Å². The molecule has 1 atom stereocenters. The molecular weight excluding hydrogens is 448 g/mol. The van der Waals surface area contributed by atoms with E-state index in [1.807, 2.05) is 0 Å². The third-order valence-corrected chi connectivity index (χ3v) is 5.40. The van der Waals surface area contributed by atoms with Gasteiger partial charge >= 0.3 is 6.03 Å². The molecule has 1 aliphatic heterocycles. The van der Waals surface area contributed by atoms with Crippen molar-refractivity contribution in [3.8, 4) is 0 Å². The summed E-state index contributed by atoms with van der Waals surface area (Å²) in [4.78, 5) is 38.4. The second-order valence-corrected chi connectivity index (χ2v) is 7.88. The van der Waals surface area contributed by atoms with Crippen molar-refractivity contribution in [1.29, 1.82) is 0 Å². The van der Waals surface area contributed by atoms with Gasteiger partial charge in [-0.1, -0.05) is 64.6 Å². The number of halogens is 4. The van der Waals surface area contributed by atoms with E-state index in [0.717, 1.165) is 4.90 Å². The van der Waals surface area contributed by atoms with Crippen molar-refractivity contribution >= 4 is 69.9 Å². The minimum atomic E-state index is -1.38. The van der Waals surface area contributed by atoms with E-state index in [4.69, 9.17) is 46.4 Å². The summed E-state index contributed by atoms with van der Waals surface area (Å²) < 4.78 is 0. The fraction of sp³-hybridized carbons (Fsp3) is 0.167. The van der Waals surface area contributed by atoms with Crippen molar-refractivity contribution in [2.75, 3.05) is 11.9 Å². The van der Waals surface area contributed by atoms with Gasteiger partial charge in [-0.05, 0) is 25.1 Å². The Kier molecular flexibility index (Phi) is 5.77. The molecule has 146 valence electrons. The molecule has 1 heterocycles. The lowest BCUT2D eigenvalue weighted by atomic mass is 9.92. The van der Waals surface area contributed by atoms with E-state index >= 15 is 0 Å². The number of hydrogen-bond acceptors (Lipinski definition) is 3. The van der Waals surface area contributed by atoms with E-state index < -0.39 is 29.9 Å². The van der Waals surface area contributed by atoms with Crippen LogP contribution in [0, 0.1) is 0 Å². The van der Waals surface area contributed by atoms with Crippen LogP contribution >= 0.6 is 46.4 Å². The highest BCUT2D eigenvalue weighted by Gasteiger charge is 2.50. The Bertz CT molecular complexity index is 975. The van der Waals surface area contributed by atoms with Gasteiger partial charge < -0.3 is 10.6 Å². The Labute approximate surface area is 180 Å². The normalized spacial score (nSPS) is 19.0. The van der Waals surface area contributed by atoms with Crippen LogP contribution in [-0.4, -0.2) is 29.3 Å². The van der Waals surface area contributed by atoms with Gasteiger partial charge in [0.25, 0.3) is 5.91 Å².